The molecule has 0 bridgehead atoms. The summed E-state index contributed by atoms with van der Waals surface area (Å²) in [4.78, 5) is 12.6. The van der Waals surface area contributed by atoms with Crippen molar-refractivity contribution in [2.45, 2.75) is 6.92 Å². The van der Waals surface area contributed by atoms with Gasteiger partial charge in [-0.1, -0.05) is 6.92 Å². The zero-order valence-corrected chi connectivity index (χ0v) is 7.62. The first-order chi connectivity index (χ1) is 5.69. The molecule has 12 heavy (non-hydrogen) atoms. The summed E-state index contributed by atoms with van der Waals surface area (Å²) >= 11 is 0. The van der Waals surface area contributed by atoms with Gasteiger partial charge in [-0.3, -0.25) is 0 Å². The second-order valence-corrected chi connectivity index (χ2v) is 3.35. The Morgan fingerprint density at radius 3 is 2.75 bits per heavy atom. The molecule has 1 aliphatic heterocycles. The first-order valence-electron chi connectivity index (χ1n) is 4.22. The second kappa shape index (κ2) is 3.76. The van der Waals surface area contributed by atoms with Crippen LogP contribution in [0.25, 0.3) is 0 Å². The number of hydrogen-bond acceptors (Lipinski definition) is 3. The average Bonchev–Trinajstić information content (AvgIpc) is 2.01. The molecular formula is C8H16N2O2. The highest BCUT2D eigenvalue weighted by molar-refractivity contribution is 5.68. The van der Waals surface area contributed by atoms with E-state index in [1.54, 1.807) is 4.90 Å². The van der Waals surface area contributed by atoms with Crippen LogP contribution in [-0.4, -0.2) is 37.7 Å². The van der Waals surface area contributed by atoms with Crippen molar-refractivity contribution in [3.8, 4) is 0 Å². The SMILES string of the molecule is COC(=O)N1CC(C(C)CN)C1. The quantitative estimate of drug-likeness (QED) is 0.651. The second-order valence-electron chi connectivity index (χ2n) is 3.35. The summed E-state index contributed by atoms with van der Waals surface area (Å²) in [6.45, 7) is 4.40. The molecule has 0 radical (unpaired) electrons. The Balaban J connectivity index is 2.23. The van der Waals surface area contributed by atoms with Gasteiger partial charge >= 0.3 is 6.09 Å². The molecule has 1 unspecified atom stereocenters. The average molecular weight is 172 g/mol. The maximum Gasteiger partial charge on any atom is 0.409 e. The Hall–Kier alpha value is -0.770. The highest BCUT2D eigenvalue weighted by Gasteiger charge is 2.33. The van der Waals surface area contributed by atoms with Crippen molar-refractivity contribution in [3.05, 3.63) is 0 Å². The molecule has 2 N–H and O–H groups in total. The maximum absolute atomic E-state index is 10.9. The predicted molar refractivity (Wildman–Crippen MR) is 45.7 cm³/mol. The molecule has 0 spiro atoms. The Kier molecular flexibility index (Phi) is 2.92. The highest BCUT2D eigenvalue weighted by Crippen LogP contribution is 2.23. The molecule has 1 heterocycles. The molecule has 0 aromatic rings. The number of ether oxygens (including phenoxy) is 1. The molecule has 0 aliphatic carbocycles. The third-order valence-corrected chi connectivity index (χ3v) is 2.52. The molecule has 0 aromatic heterocycles. The molecule has 1 fully saturated rings. The normalized spacial score (nSPS) is 20.1. The van der Waals surface area contributed by atoms with Gasteiger partial charge in [0.25, 0.3) is 0 Å². The zero-order chi connectivity index (χ0) is 9.14. The van der Waals surface area contributed by atoms with Gasteiger partial charge in [0.05, 0.1) is 7.11 Å². The first-order valence-corrected chi connectivity index (χ1v) is 4.22. The van der Waals surface area contributed by atoms with Crippen molar-refractivity contribution in [2.24, 2.45) is 17.6 Å². The summed E-state index contributed by atoms with van der Waals surface area (Å²) in [5.41, 5.74) is 5.50. The lowest BCUT2D eigenvalue weighted by molar-refractivity contribution is 0.0493. The maximum atomic E-state index is 10.9. The van der Waals surface area contributed by atoms with Crippen LogP contribution in [0.1, 0.15) is 6.92 Å². The van der Waals surface area contributed by atoms with Gasteiger partial charge in [-0.25, -0.2) is 4.79 Å². The van der Waals surface area contributed by atoms with E-state index in [0.717, 1.165) is 13.1 Å². The topological polar surface area (TPSA) is 55.6 Å². The van der Waals surface area contributed by atoms with Crippen molar-refractivity contribution < 1.29 is 9.53 Å². The van der Waals surface area contributed by atoms with Crippen LogP contribution in [0.5, 0.6) is 0 Å². The van der Waals surface area contributed by atoms with Gasteiger partial charge in [0, 0.05) is 13.1 Å². The Morgan fingerprint density at radius 1 is 1.75 bits per heavy atom. The van der Waals surface area contributed by atoms with Crippen LogP contribution in [0, 0.1) is 11.8 Å². The standard InChI is InChI=1S/C8H16N2O2/c1-6(3-9)7-4-10(5-7)8(11)12-2/h6-7H,3-5,9H2,1-2H3. The molecule has 1 saturated heterocycles. The van der Waals surface area contributed by atoms with Gasteiger partial charge in [-0.2, -0.15) is 0 Å². The van der Waals surface area contributed by atoms with Crippen molar-refractivity contribution in [1.29, 1.82) is 0 Å². The minimum Gasteiger partial charge on any atom is -0.453 e. The molecule has 1 amide bonds. The smallest absolute Gasteiger partial charge is 0.409 e. The van der Waals surface area contributed by atoms with Crippen LogP contribution in [0.4, 0.5) is 4.79 Å². The minimum atomic E-state index is -0.226. The number of likely N-dealkylation sites (tertiary alicyclic amines) is 1. The van der Waals surface area contributed by atoms with Gasteiger partial charge in [0.15, 0.2) is 0 Å². The zero-order valence-electron chi connectivity index (χ0n) is 7.62. The van der Waals surface area contributed by atoms with Crippen molar-refractivity contribution in [3.63, 3.8) is 0 Å². The highest BCUT2D eigenvalue weighted by atomic mass is 16.5. The van der Waals surface area contributed by atoms with Crippen molar-refractivity contribution >= 4 is 6.09 Å². The fraction of sp³-hybridized carbons (Fsp3) is 0.875. The van der Waals surface area contributed by atoms with E-state index in [-0.39, 0.29) is 6.09 Å². The molecule has 1 aliphatic rings. The van der Waals surface area contributed by atoms with Gasteiger partial charge in [-0.15, -0.1) is 0 Å². The van der Waals surface area contributed by atoms with Gasteiger partial charge < -0.3 is 15.4 Å². The summed E-state index contributed by atoms with van der Waals surface area (Å²) in [5.74, 6) is 1.07. The fourth-order valence-electron chi connectivity index (χ4n) is 1.34. The Morgan fingerprint density at radius 2 is 2.33 bits per heavy atom. The molecule has 4 heteroatoms. The summed E-state index contributed by atoms with van der Waals surface area (Å²) in [5, 5.41) is 0. The Labute approximate surface area is 72.7 Å². The molecular weight excluding hydrogens is 156 g/mol. The lowest BCUT2D eigenvalue weighted by Gasteiger charge is -2.40. The van der Waals surface area contributed by atoms with E-state index < -0.39 is 0 Å². The van der Waals surface area contributed by atoms with Crippen molar-refractivity contribution in [2.75, 3.05) is 26.7 Å². The van der Waals surface area contributed by atoms with Crippen LogP contribution < -0.4 is 5.73 Å². The Bertz CT molecular complexity index is 166. The van der Waals surface area contributed by atoms with E-state index in [9.17, 15) is 4.79 Å². The van der Waals surface area contributed by atoms with Crippen LogP contribution in [-0.2, 0) is 4.74 Å². The predicted octanol–water partition coefficient (Wildman–Crippen LogP) is 0.279. The number of amides is 1. The summed E-state index contributed by atoms with van der Waals surface area (Å²) < 4.78 is 4.57. The van der Waals surface area contributed by atoms with Gasteiger partial charge in [0.1, 0.15) is 0 Å². The number of methoxy groups -OCH3 is 1. The van der Waals surface area contributed by atoms with E-state index >= 15 is 0 Å². The van der Waals surface area contributed by atoms with Gasteiger partial charge in [-0.05, 0) is 18.4 Å². The largest absolute Gasteiger partial charge is 0.453 e. The minimum absolute atomic E-state index is 0.226. The summed E-state index contributed by atoms with van der Waals surface area (Å²) in [7, 11) is 1.40. The number of carbonyl (C=O) groups excluding carboxylic acids is 1. The summed E-state index contributed by atoms with van der Waals surface area (Å²) in [6.07, 6.45) is -0.226. The number of hydrogen-bond donors (Lipinski definition) is 1. The van der Waals surface area contributed by atoms with E-state index in [0.29, 0.717) is 18.4 Å². The third kappa shape index (κ3) is 1.69. The molecule has 1 atom stereocenters. The van der Waals surface area contributed by atoms with Crippen LogP contribution in [0.3, 0.4) is 0 Å². The number of carbonyl (C=O) groups is 1. The molecule has 0 saturated carbocycles. The van der Waals surface area contributed by atoms with Crippen LogP contribution in [0.2, 0.25) is 0 Å². The fourth-order valence-corrected chi connectivity index (χ4v) is 1.34. The van der Waals surface area contributed by atoms with E-state index in [1.165, 1.54) is 7.11 Å². The summed E-state index contributed by atoms with van der Waals surface area (Å²) in [6, 6.07) is 0. The first kappa shape index (κ1) is 9.32. The lowest BCUT2D eigenvalue weighted by atomic mass is 9.87. The third-order valence-electron chi connectivity index (χ3n) is 2.52. The monoisotopic (exact) mass is 172 g/mol. The molecule has 1 rings (SSSR count). The molecule has 0 aromatic carbocycles. The number of nitrogens with zero attached hydrogens (tertiary/aromatic N) is 1. The van der Waals surface area contributed by atoms with Crippen LogP contribution in [0.15, 0.2) is 0 Å². The molecule has 70 valence electrons. The molecule has 4 nitrogen and oxygen atoms in total. The lowest BCUT2D eigenvalue weighted by Crippen LogP contribution is -2.53. The van der Waals surface area contributed by atoms with Gasteiger partial charge in [0.2, 0.25) is 0 Å². The van der Waals surface area contributed by atoms with E-state index in [1.807, 2.05) is 0 Å². The van der Waals surface area contributed by atoms with Crippen LogP contribution >= 0.6 is 0 Å². The van der Waals surface area contributed by atoms with E-state index in [4.69, 9.17) is 5.73 Å². The van der Waals surface area contributed by atoms with Crippen molar-refractivity contribution in [1.82, 2.24) is 4.90 Å². The number of rotatable bonds is 2. The van der Waals surface area contributed by atoms with E-state index in [2.05, 4.69) is 11.7 Å². The number of nitrogens with two attached hydrogens (primary N) is 1.